The lowest BCUT2D eigenvalue weighted by molar-refractivity contribution is -0.140. The molecule has 8 heteroatoms. The molecule has 1 saturated heterocycles. The first-order valence-electron chi connectivity index (χ1n) is 9.84. The Bertz CT molecular complexity index is 988. The van der Waals surface area contributed by atoms with Gasteiger partial charge in [0.25, 0.3) is 0 Å². The van der Waals surface area contributed by atoms with E-state index in [2.05, 4.69) is 4.99 Å². The Balaban J connectivity index is 1.42. The van der Waals surface area contributed by atoms with Gasteiger partial charge in [0.05, 0.1) is 18.4 Å². The van der Waals surface area contributed by atoms with Gasteiger partial charge in [-0.1, -0.05) is 31.0 Å². The number of fused-ring (bicyclic) bond motifs is 1. The van der Waals surface area contributed by atoms with Crippen LogP contribution in [0.5, 0.6) is 0 Å². The van der Waals surface area contributed by atoms with Gasteiger partial charge in [0.15, 0.2) is 4.80 Å². The van der Waals surface area contributed by atoms with Crippen LogP contribution in [0.4, 0.5) is 4.39 Å². The number of nitrogens with zero attached hydrogens (tertiary/aromatic N) is 3. The average Bonchev–Trinajstić information content (AvgIpc) is 3.25. The van der Waals surface area contributed by atoms with E-state index in [-0.39, 0.29) is 49.0 Å². The molecule has 1 aromatic carbocycles. The van der Waals surface area contributed by atoms with Crippen LogP contribution >= 0.6 is 11.3 Å². The van der Waals surface area contributed by atoms with E-state index in [9.17, 15) is 18.8 Å². The van der Waals surface area contributed by atoms with Crippen molar-refractivity contribution < 1.29 is 18.8 Å². The number of benzene rings is 1. The lowest BCUT2D eigenvalue weighted by atomic mass is 9.81. The second kappa shape index (κ2) is 8.41. The fraction of sp³-hybridized carbons (Fsp3) is 0.429. The van der Waals surface area contributed by atoms with Crippen molar-refractivity contribution in [3.8, 4) is 0 Å². The minimum absolute atomic E-state index is 0.00544. The molecule has 2 heterocycles. The molecule has 152 valence electrons. The largest absolute Gasteiger partial charge is 0.319 e. The molecule has 6 nitrogen and oxygen atoms in total. The Hall–Kier alpha value is -2.61. The summed E-state index contributed by atoms with van der Waals surface area (Å²) in [4.78, 5) is 43.2. The summed E-state index contributed by atoms with van der Waals surface area (Å²) in [6, 6.07) is 6.47. The van der Waals surface area contributed by atoms with Gasteiger partial charge >= 0.3 is 0 Å². The normalized spacial score (nSPS) is 22.2. The van der Waals surface area contributed by atoms with Gasteiger partial charge in [-0.15, -0.1) is 11.3 Å². The highest BCUT2D eigenvalue weighted by molar-refractivity contribution is 7.07. The number of thiazole rings is 1. The summed E-state index contributed by atoms with van der Waals surface area (Å²) in [5.74, 6) is -1.40. The minimum atomic E-state index is -0.398. The van der Waals surface area contributed by atoms with E-state index in [0.29, 0.717) is 10.4 Å². The van der Waals surface area contributed by atoms with Crippen LogP contribution in [0.2, 0.25) is 0 Å². The van der Waals surface area contributed by atoms with Crippen molar-refractivity contribution in [1.82, 2.24) is 9.47 Å². The first-order valence-corrected chi connectivity index (χ1v) is 10.7. The Kier molecular flexibility index (Phi) is 5.71. The number of carbonyl (C=O) groups is 3. The molecule has 1 aliphatic carbocycles. The standard InChI is InChI=1S/C21H22FN3O3S/c22-17-8-4-1-5-14(17)13-24-11-12-29-21(24)23-18(26)9-10-25-19(27)15-6-2-3-7-16(15)20(25)28/h1,4-5,8,11-12,15-16H,2-3,6-7,9-10,13H2/t15-,16-/m0/s1. The van der Waals surface area contributed by atoms with Crippen molar-refractivity contribution >= 4 is 29.1 Å². The van der Waals surface area contributed by atoms with Crippen LogP contribution in [0.25, 0.3) is 0 Å². The quantitative estimate of drug-likeness (QED) is 0.705. The van der Waals surface area contributed by atoms with Crippen LogP contribution in [0.1, 0.15) is 37.7 Å². The third-order valence-corrected chi connectivity index (χ3v) is 6.45. The third kappa shape index (κ3) is 4.07. The Morgan fingerprint density at radius 1 is 1.14 bits per heavy atom. The zero-order chi connectivity index (χ0) is 20.4. The number of rotatable bonds is 5. The number of aromatic nitrogens is 1. The highest BCUT2D eigenvalue weighted by atomic mass is 32.1. The van der Waals surface area contributed by atoms with Crippen LogP contribution in [-0.4, -0.2) is 33.7 Å². The van der Waals surface area contributed by atoms with E-state index in [4.69, 9.17) is 0 Å². The van der Waals surface area contributed by atoms with Gasteiger partial charge in [-0.05, 0) is 18.9 Å². The number of amides is 3. The molecule has 2 fully saturated rings. The lowest BCUT2D eigenvalue weighted by Crippen LogP contribution is -2.33. The van der Waals surface area contributed by atoms with Gasteiger partial charge in [-0.25, -0.2) is 4.39 Å². The molecule has 0 bridgehead atoms. The average molecular weight is 415 g/mol. The summed E-state index contributed by atoms with van der Waals surface area (Å²) in [5, 5.41) is 1.78. The first-order chi connectivity index (χ1) is 14.0. The van der Waals surface area contributed by atoms with Gasteiger partial charge in [0.2, 0.25) is 17.7 Å². The summed E-state index contributed by atoms with van der Waals surface area (Å²) in [6.07, 6.45) is 5.21. The molecule has 2 atom stereocenters. The van der Waals surface area contributed by atoms with Crippen molar-refractivity contribution in [2.24, 2.45) is 16.8 Å². The van der Waals surface area contributed by atoms with Crippen LogP contribution in [-0.2, 0) is 20.9 Å². The summed E-state index contributed by atoms with van der Waals surface area (Å²) >= 11 is 1.28. The molecule has 2 aromatic rings. The van der Waals surface area contributed by atoms with E-state index >= 15 is 0 Å². The Labute approximate surface area is 171 Å². The molecule has 1 saturated carbocycles. The maximum atomic E-state index is 13.9. The zero-order valence-corrected chi connectivity index (χ0v) is 16.7. The number of hydrogen-bond acceptors (Lipinski definition) is 4. The highest BCUT2D eigenvalue weighted by Gasteiger charge is 2.47. The van der Waals surface area contributed by atoms with E-state index in [1.807, 2.05) is 0 Å². The maximum Gasteiger partial charge on any atom is 0.250 e. The van der Waals surface area contributed by atoms with Crippen molar-refractivity contribution in [2.45, 2.75) is 38.6 Å². The fourth-order valence-electron chi connectivity index (χ4n) is 4.14. The van der Waals surface area contributed by atoms with Gasteiger partial charge in [-0.3, -0.25) is 19.3 Å². The van der Waals surface area contributed by atoms with Crippen LogP contribution in [0.15, 0.2) is 40.8 Å². The topological polar surface area (TPSA) is 71.7 Å². The summed E-state index contributed by atoms with van der Waals surface area (Å²) in [5.41, 5.74) is 0.510. The number of imide groups is 1. The highest BCUT2D eigenvalue weighted by Crippen LogP contribution is 2.37. The predicted molar refractivity (Wildman–Crippen MR) is 105 cm³/mol. The molecule has 0 N–H and O–H groups in total. The Morgan fingerprint density at radius 3 is 2.52 bits per heavy atom. The van der Waals surface area contributed by atoms with Crippen LogP contribution in [0, 0.1) is 17.7 Å². The van der Waals surface area contributed by atoms with Crippen molar-refractivity contribution in [3.05, 3.63) is 52.0 Å². The molecular formula is C21H22FN3O3S. The lowest BCUT2D eigenvalue weighted by Gasteiger charge is -2.19. The molecule has 1 aromatic heterocycles. The van der Waals surface area contributed by atoms with Crippen LogP contribution < -0.4 is 4.80 Å². The third-order valence-electron chi connectivity index (χ3n) is 5.66. The monoisotopic (exact) mass is 415 g/mol. The van der Waals surface area contributed by atoms with Crippen LogP contribution in [0.3, 0.4) is 0 Å². The first kappa shape index (κ1) is 19.7. The number of halogens is 1. The second-order valence-electron chi connectivity index (χ2n) is 7.49. The molecule has 0 unspecified atom stereocenters. The van der Waals surface area contributed by atoms with Crippen molar-refractivity contribution in [2.75, 3.05) is 6.54 Å². The molecule has 29 heavy (non-hydrogen) atoms. The van der Waals surface area contributed by atoms with Crippen molar-refractivity contribution in [1.29, 1.82) is 0 Å². The minimum Gasteiger partial charge on any atom is -0.319 e. The summed E-state index contributed by atoms with van der Waals surface area (Å²) < 4.78 is 15.6. The van der Waals surface area contributed by atoms with Gasteiger partial charge in [-0.2, -0.15) is 4.99 Å². The predicted octanol–water partition coefficient (Wildman–Crippen LogP) is 2.73. The second-order valence-corrected chi connectivity index (χ2v) is 8.36. The molecule has 0 spiro atoms. The molecule has 4 rings (SSSR count). The summed E-state index contributed by atoms with van der Waals surface area (Å²) in [6.45, 7) is 0.348. The SMILES string of the molecule is O=C(CCN1C(=O)[C@H]2CCCC[C@@H]2C1=O)N=c1sccn1Cc1ccccc1F. The molecule has 1 aliphatic heterocycles. The van der Waals surface area contributed by atoms with E-state index in [0.717, 1.165) is 25.7 Å². The summed E-state index contributed by atoms with van der Waals surface area (Å²) in [7, 11) is 0. The van der Waals surface area contributed by atoms with Gasteiger partial charge < -0.3 is 4.57 Å². The van der Waals surface area contributed by atoms with Crippen molar-refractivity contribution in [3.63, 3.8) is 0 Å². The van der Waals surface area contributed by atoms with Gasteiger partial charge in [0, 0.05) is 30.1 Å². The number of likely N-dealkylation sites (tertiary alicyclic amines) is 1. The van der Waals surface area contributed by atoms with Gasteiger partial charge in [0.1, 0.15) is 5.82 Å². The van der Waals surface area contributed by atoms with E-state index < -0.39 is 5.91 Å². The zero-order valence-electron chi connectivity index (χ0n) is 15.9. The molecular weight excluding hydrogens is 393 g/mol. The number of hydrogen-bond donors (Lipinski definition) is 0. The van der Waals surface area contributed by atoms with E-state index in [1.54, 1.807) is 34.3 Å². The Morgan fingerprint density at radius 2 is 1.83 bits per heavy atom. The maximum absolute atomic E-state index is 13.9. The van der Waals surface area contributed by atoms with E-state index in [1.165, 1.54) is 22.3 Å². The smallest absolute Gasteiger partial charge is 0.250 e. The fourth-order valence-corrected chi connectivity index (χ4v) is 4.88. The molecule has 0 radical (unpaired) electrons. The number of carbonyl (C=O) groups excluding carboxylic acids is 3. The molecule has 3 amide bonds. The molecule has 2 aliphatic rings.